The summed E-state index contributed by atoms with van der Waals surface area (Å²) in [5, 5.41) is 0. The number of hydrogen-bond donors (Lipinski definition) is 2. The quantitative estimate of drug-likeness (QED) is 0.346. The third kappa shape index (κ3) is 1.94. The summed E-state index contributed by atoms with van der Waals surface area (Å²) in [6.07, 6.45) is 1.66. The van der Waals surface area contributed by atoms with Gasteiger partial charge in [-0.2, -0.15) is 0 Å². The maximum Gasteiger partial charge on any atom is 0.324 e. The predicted molar refractivity (Wildman–Crippen MR) is 36.4 cm³/mol. The number of imidazole rings is 1. The monoisotopic (exact) mass is 175 g/mol. The number of nitrogens with zero attached hydrogens (tertiary/aromatic N) is 1. The van der Waals surface area contributed by atoms with Gasteiger partial charge in [0.15, 0.2) is 6.20 Å². The Morgan fingerprint density at radius 2 is 2.27 bits per heavy atom. The molecule has 1 rings (SSSR count). The molecule has 0 atom stereocenters. The average molecular weight is 176 g/mol. The Kier molecular flexibility index (Phi) is 3.07. The van der Waals surface area contributed by atoms with E-state index in [0.29, 0.717) is 11.6 Å². The van der Waals surface area contributed by atoms with Crippen LogP contribution in [0, 0.1) is 0 Å². The van der Waals surface area contributed by atoms with E-state index in [9.17, 15) is 4.79 Å². The van der Waals surface area contributed by atoms with Gasteiger partial charge in [-0.3, -0.25) is 4.79 Å². The molecule has 0 saturated carbocycles. The minimum atomic E-state index is -0.0146. The Morgan fingerprint density at radius 1 is 1.73 bits per heavy atom. The van der Waals surface area contributed by atoms with Gasteiger partial charge in [0.25, 0.3) is 0 Å². The number of carbonyl (C=O) groups excluding carboxylic acids is 1. The molecule has 0 saturated heterocycles. The van der Waals surface area contributed by atoms with Gasteiger partial charge in [0.05, 0.1) is 7.05 Å². The van der Waals surface area contributed by atoms with Crippen LogP contribution >= 0.6 is 0 Å². The largest absolute Gasteiger partial charge is 1.00 e. The lowest BCUT2D eigenvalue weighted by molar-refractivity contribution is -0.671. The first kappa shape index (κ1) is 9.97. The van der Waals surface area contributed by atoms with Crippen molar-refractivity contribution in [3.63, 3.8) is 0 Å². The highest BCUT2D eigenvalue weighted by atomic mass is 35.5. The van der Waals surface area contributed by atoms with Crippen molar-refractivity contribution in [1.29, 1.82) is 0 Å². The van der Waals surface area contributed by atoms with E-state index in [4.69, 9.17) is 5.73 Å². The molecule has 0 fully saturated rings. The number of aromatic nitrogens is 2. The maximum atomic E-state index is 10.8. The number of halogens is 1. The van der Waals surface area contributed by atoms with Crippen molar-refractivity contribution < 1.29 is 21.8 Å². The van der Waals surface area contributed by atoms with E-state index in [1.165, 1.54) is 6.92 Å². The fourth-order valence-corrected chi connectivity index (χ4v) is 0.867. The van der Waals surface area contributed by atoms with Crippen LogP contribution in [0.2, 0.25) is 0 Å². The average Bonchev–Trinajstić information content (AvgIpc) is 2.10. The first-order chi connectivity index (χ1) is 4.61. The third-order valence-electron chi connectivity index (χ3n) is 1.28. The van der Waals surface area contributed by atoms with Crippen molar-refractivity contribution in [2.45, 2.75) is 6.92 Å². The number of hydrogen-bond acceptors (Lipinski definition) is 2. The molecule has 0 bridgehead atoms. The van der Waals surface area contributed by atoms with Crippen molar-refractivity contribution in [1.82, 2.24) is 4.98 Å². The third-order valence-corrected chi connectivity index (χ3v) is 1.28. The van der Waals surface area contributed by atoms with Crippen LogP contribution in [0.15, 0.2) is 6.20 Å². The minimum Gasteiger partial charge on any atom is -1.00 e. The number of aryl methyl sites for hydroxylation is 1. The standard InChI is InChI=1S/C6H9N3O.ClH/c1-4(10)6-8-5(7)3-9(6)2;/h3H,7H2,1-2H3;1H. The van der Waals surface area contributed by atoms with Gasteiger partial charge < -0.3 is 18.1 Å². The minimum absolute atomic E-state index is 0. The molecule has 0 amide bonds. The van der Waals surface area contributed by atoms with Crippen molar-refractivity contribution >= 4 is 11.6 Å². The molecule has 0 unspecified atom stereocenters. The van der Waals surface area contributed by atoms with Gasteiger partial charge in [-0.25, -0.2) is 9.55 Å². The van der Waals surface area contributed by atoms with Crippen LogP contribution < -0.4 is 22.7 Å². The van der Waals surface area contributed by atoms with Crippen molar-refractivity contribution in [2.24, 2.45) is 7.05 Å². The lowest BCUT2D eigenvalue weighted by Crippen LogP contribution is -3.00. The van der Waals surface area contributed by atoms with Crippen LogP contribution in [0.5, 0.6) is 0 Å². The number of Topliss-reactive ketones (excluding diaryl/α,β-unsaturated/α-hetero) is 1. The zero-order valence-electron chi connectivity index (χ0n) is 6.39. The molecule has 0 aromatic carbocycles. The zero-order chi connectivity index (χ0) is 7.72. The normalized spacial score (nSPS) is 8.91. The van der Waals surface area contributed by atoms with Gasteiger partial charge >= 0.3 is 5.82 Å². The predicted octanol–water partition coefficient (Wildman–Crippen LogP) is -3.37. The molecule has 0 radical (unpaired) electrons. The number of nitrogens with one attached hydrogen (secondary N) is 1. The molecule has 5 heteroatoms. The molecule has 4 nitrogen and oxygen atoms in total. The Morgan fingerprint density at radius 3 is 2.45 bits per heavy atom. The molecule has 1 aromatic rings. The summed E-state index contributed by atoms with van der Waals surface area (Å²) in [4.78, 5) is 13.5. The van der Waals surface area contributed by atoms with E-state index in [0.717, 1.165) is 0 Å². The summed E-state index contributed by atoms with van der Waals surface area (Å²) in [7, 11) is 1.77. The van der Waals surface area contributed by atoms with Crippen molar-refractivity contribution in [3.8, 4) is 0 Å². The van der Waals surface area contributed by atoms with E-state index >= 15 is 0 Å². The van der Waals surface area contributed by atoms with Gasteiger partial charge in [0.1, 0.15) is 0 Å². The lowest BCUT2D eigenvalue weighted by atomic mass is 10.4. The molecule has 0 aliphatic heterocycles. The molecule has 0 spiro atoms. The number of aromatic amines is 1. The van der Waals surface area contributed by atoms with Crippen LogP contribution in [0.25, 0.3) is 0 Å². The first-order valence-electron chi connectivity index (χ1n) is 2.96. The van der Waals surface area contributed by atoms with Gasteiger partial charge in [-0.05, 0) is 0 Å². The molecule has 1 aromatic heterocycles. The second kappa shape index (κ2) is 3.39. The fourth-order valence-electron chi connectivity index (χ4n) is 0.867. The van der Waals surface area contributed by atoms with E-state index in [2.05, 4.69) is 4.98 Å². The van der Waals surface area contributed by atoms with Gasteiger partial charge in [-0.1, -0.05) is 0 Å². The molecule has 1 heterocycles. The smallest absolute Gasteiger partial charge is 0.324 e. The van der Waals surface area contributed by atoms with Crippen LogP contribution in [-0.4, -0.2) is 10.8 Å². The Balaban J connectivity index is 0.000001000. The number of nitrogens with two attached hydrogens (primary N) is 1. The SMILES string of the molecule is CC(=O)c1[nH]c(N)c[n+]1C.[Cl-]. The zero-order valence-corrected chi connectivity index (χ0v) is 7.14. The second-order valence-corrected chi connectivity index (χ2v) is 2.23. The van der Waals surface area contributed by atoms with Crippen molar-refractivity contribution in [3.05, 3.63) is 12.0 Å². The highest BCUT2D eigenvalue weighted by Gasteiger charge is 2.14. The highest BCUT2D eigenvalue weighted by Crippen LogP contribution is 1.94. The number of nitrogen functional groups attached to an aromatic ring is 1. The van der Waals surface area contributed by atoms with E-state index in [-0.39, 0.29) is 18.2 Å². The molecular weight excluding hydrogens is 166 g/mol. The highest BCUT2D eigenvalue weighted by molar-refractivity contribution is 5.89. The number of rotatable bonds is 1. The van der Waals surface area contributed by atoms with Crippen molar-refractivity contribution in [2.75, 3.05) is 5.73 Å². The first-order valence-corrected chi connectivity index (χ1v) is 2.96. The fraction of sp³-hybridized carbons (Fsp3) is 0.333. The Labute approximate surface area is 70.8 Å². The summed E-state index contributed by atoms with van der Waals surface area (Å²) < 4.78 is 1.66. The molecular formula is C6H10ClN3O. The van der Waals surface area contributed by atoms with Crippen LogP contribution in [0.1, 0.15) is 17.5 Å². The van der Waals surface area contributed by atoms with Crippen LogP contribution in [-0.2, 0) is 7.05 Å². The Bertz CT molecular complexity index is 269. The van der Waals surface area contributed by atoms with E-state index in [1.807, 2.05) is 0 Å². The lowest BCUT2D eigenvalue weighted by Gasteiger charge is -1.83. The van der Waals surface area contributed by atoms with E-state index in [1.54, 1.807) is 17.8 Å². The topological polar surface area (TPSA) is 62.8 Å². The number of H-pyrrole nitrogens is 1. The van der Waals surface area contributed by atoms with Gasteiger partial charge in [0.2, 0.25) is 11.6 Å². The summed E-state index contributed by atoms with van der Waals surface area (Å²) in [6.45, 7) is 1.49. The molecule has 0 aliphatic rings. The van der Waals surface area contributed by atoms with Crippen LogP contribution in [0.3, 0.4) is 0 Å². The summed E-state index contributed by atoms with van der Waals surface area (Å²) in [6, 6.07) is 0. The Hall–Kier alpha value is -1.03. The summed E-state index contributed by atoms with van der Waals surface area (Å²) >= 11 is 0. The second-order valence-electron chi connectivity index (χ2n) is 2.23. The maximum absolute atomic E-state index is 10.8. The van der Waals surface area contributed by atoms with E-state index < -0.39 is 0 Å². The van der Waals surface area contributed by atoms with Gasteiger partial charge in [0, 0.05) is 6.92 Å². The number of ketones is 1. The molecule has 11 heavy (non-hydrogen) atoms. The van der Waals surface area contributed by atoms with Gasteiger partial charge in [-0.15, -0.1) is 0 Å². The molecule has 3 N–H and O–H groups in total. The molecule has 62 valence electrons. The number of carbonyl (C=O) groups is 1. The summed E-state index contributed by atoms with van der Waals surface area (Å²) in [5.74, 6) is 1.02. The summed E-state index contributed by atoms with van der Waals surface area (Å²) in [5.41, 5.74) is 5.39. The number of anilines is 1. The van der Waals surface area contributed by atoms with Crippen LogP contribution in [0.4, 0.5) is 5.82 Å². The molecule has 0 aliphatic carbocycles.